The highest BCUT2D eigenvalue weighted by molar-refractivity contribution is 5.91. The summed E-state index contributed by atoms with van der Waals surface area (Å²) in [5.74, 6) is 0.284. The number of ketones is 1. The van der Waals surface area contributed by atoms with E-state index in [0.717, 1.165) is 44.6 Å². The van der Waals surface area contributed by atoms with Crippen LogP contribution >= 0.6 is 12.4 Å². The van der Waals surface area contributed by atoms with Crippen LogP contribution in [0.3, 0.4) is 0 Å². The van der Waals surface area contributed by atoms with Gasteiger partial charge in [0.2, 0.25) is 5.88 Å². The van der Waals surface area contributed by atoms with Crippen molar-refractivity contribution in [2.24, 2.45) is 5.92 Å². The average molecular weight is 410 g/mol. The van der Waals surface area contributed by atoms with E-state index in [9.17, 15) is 9.18 Å². The lowest BCUT2D eigenvalue weighted by Gasteiger charge is -2.21. The molecule has 0 radical (unpaired) electrons. The maximum Gasteiger partial charge on any atom is 0.238 e. The fraction of sp³-hybridized carbons (Fsp3) is 0.450. The lowest BCUT2D eigenvalue weighted by atomic mass is 9.97. The summed E-state index contributed by atoms with van der Waals surface area (Å²) >= 11 is 0. The summed E-state index contributed by atoms with van der Waals surface area (Å²) in [6.07, 6.45) is 5.98. The second-order valence-corrected chi connectivity index (χ2v) is 6.68. The second kappa shape index (κ2) is 11.0. The molecule has 0 unspecified atom stereocenters. The molecule has 152 valence electrons. The van der Waals surface area contributed by atoms with Gasteiger partial charge in [-0.15, -0.1) is 12.4 Å². The van der Waals surface area contributed by atoms with Gasteiger partial charge in [0.05, 0.1) is 12.4 Å². The maximum absolute atomic E-state index is 14.3. The molecule has 0 spiro atoms. The number of aromatic nitrogens is 2. The Bertz CT molecular complexity index is 768. The predicted octanol–water partition coefficient (Wildman–Crippen LogP) is 3.94. The van der Waals surface area contributed by atoms with Gasteiger partial charge in [-0.25, -0.2) is 14.4 Å². The van der Waals surface area contributed by atoms with Gasteiger partial charge in [-0.1, -0.05) is 6.07 Å². The minimum atomic E-state index is -0.462. The van der Waals surface area contributed by atoms with Crippen LogP contribution in [0.15, 0.2) is 30.6 Å². The molecule has 2 heterocycles. The molecule has 0 aliphatic carbocycles. The van der Waals surface area contributed by atoms with Gasteiger partial charge in [0.25, 0.3) is 0 Å². The van der Waals surface area contributed by atoms with Crippen LogP contribution in [0.25, 0.3) is 0 Å². The van der Waals surface area contributed by atoms with Gasteiger partial charge in [-0.3, -0.25) is 4.79 Å². The van der Waals surface area contributed by atoms with E-state index in [1.165, 1.54) is 25.4 Å². The zero-order valence-corrected chi connectivity index (χ0v) is 16.6. The van der Waals surface area contributed by atoms with Gasteiger partial charge in [0, 0.05) is 26.7 Å². The molecule has 0 bridgehead atoms. The number of nitrogens with zero attached hydrogens (tertiary/aromatic N) is 2. The van der Waals surface area contributed by atoms with Gasteiger partial charge >= 0.3 is 0 Å². The molecule has 1 aromatic heterocycles. The zero-order valence-electron chi connectivity index (χ0n) is 15.8. The van der Waals surface area contributed by atoms with Gasteiger partial charge in [0.15, 0.2) is 17.3 Å². The summed E-state index contributed by atoms with van der Waals surface area (Å²) in [7, 11) is 0. The van der Waals surface area contributed by atoms with Crippen LogP contribution < -0.4 is 10.1 Å². The number of halogens is 2. The summed E-state index contributed by atoms with van der Waals surface area (Å²) in [6, 6.07) is 4.84. The summed E-state index contributed by atoms with van der Waals surface area (Å²) in [6.45, 7) is 4.63. The van der Waals surface area contributed by atoms with Gasteiger partial charge in [-0.2, -0.15) is 0 Å². The number of hydrogen-bond acceptors (Lipinski definition) is 6. The molecule has 1 N–H and O–H groups in total. The first kappa shape index (κ1) is 22.2. The SMILES string of the molecule is CC(=O)c1cnc(Oc2ccc(CNCCC3CCOCC3)cc2F)cn1.Cl. The number of Topliss-reactive ketones (excluding diaryl/α,β-unsaturated/α-hetero) is 1. The number of rotatable bonds is 8. The Morgan fingerprint density at radius 2 is 2.07 bits per heavy atom. The van der Waals surface area contributed by atoms with E-state index in [1.807, 2.05) is 6.07 Å². The third kappa shape index (κ3) is 6.51. The Morgan fingerprint density at radius 1 is 1.29 bits per heavy atom. The van der Waals surface area contributed by atoms with Crippen LogP contribution in [0, 0.1) is 11.7 Å². The maximum atomic E-state index is 14.3. The van der Waals surface area contributed by atoms with E-state index < -0.39 is 5.82 Å². The summed E-state index contributed by atoms with van der Waals surface area (Å²) in [5.41, 5.74) is 1.09. The summed E-state index contributed by atoms with van der Waals surface area (Å²) in [5, 5.41) is 3.36. The Kier molecular flexibility index (Phi) is 8.76. The highest BCUT2D eigenvalue weighted by Gasteiger charge is 2.13. The van der Waals surface area contributed by atoms with Crippen molar-refractivity contribution >= 4 is 18.2 Å². The Balaban J connectivity index is 0.00000280. The third-order valence-electron chi connectivity index (χ3n) is 4.60. The molecular formula is C20H25ClFN3O3. The molecule has 0 atom stereocenters. The van der Waals surface area contributed by atoms with E-state index in [1.54, 1.807) is 6.07 Å². The average Bonchev–Trinajstić information content (AvgIpc) is 2.68. The minimum absolute atomic E-state index is 0. The van der Waals surface area contributed by atoms with Crippen molar-refractivity contribution in [2.45, 2.75) is 32.7 Å². The normalized spacial score (nSPS) is 14.4. The number of carbonyl (C=O) groups excluding carboxylic acids is 1. The molecule has 0 amide bonds. The number of hydrogen-bond donors (Lipinski definition) is 1. The largest absolute Gasteiger partial charge is 0.434 e. The van der Waals surface area contributed by atoms with Gasteiger partial charge < -0.3 is 14.8 Å². The zero-order chi connectivity index (χ0) is 19.1. The summed E-state index contributed by atoms with van der Waals surface area (Å²) in [4.78, 5) is 19.1. The van der Waals surface area contributed by atoms with E-state index >= 15 is 0 Å². The molecule has 1 aliphatic heterocycles. The molecule has 1 aromatic carbocycles. The van der Waals surface area contributed by atoms with Crippen molar-refractivity contribution in [1.29, 1.82) is 0 Å². The summed E-state index contributed by atoms with van der Waals surface area (Å²) < 4.78 is 25.0. The fourth-order valence-electron chi connectivity index (χ4n) is 2.97. The highest BCUT2D eigenvalue weighted by Crippen LogP contribution is 2.23. The first-order valence-electron chi connectivity index (χ1n) is 9.19. The van der Waals surface area contributed by atoms with E-state index in [2.05, 4.69) is 15.3 Å². The molecule has 8 heteroatoms. The van der Waals surface area contributed by atoms with Crippen molar-refractivity contribution < 1.29 is 18.7 Å². The van der Waals surface area contributed by atoms with Crippen LogP contribution in [-0.4, -0.2) is 35.5 Å². The van der Waals surface area contributed by atoms with Crippen LogP contribution in [-0.2, 0) is 11.3 Å². The standard InChI is InChI=1S/C20H24FN3O3.ClH/c1-14(25)18-12-24-20(13-23-18)27-19-3-2-16(10-17(19)21)11-22-7-4-15-5-8-26-9-6-15;/h2-3,10,12-13,15,22H,4-9,11H2,1H3;1H. The lowest BCUT2D eigenvalue weighted by Crippen LogP contribution is -2.22. The first-order chi connectivity index (χ1) is 13.1. The topological polar surface area (TPSA) is 73.3 Å². The smallest absolute Gasteiger partial charge is 0.238 e. The molecule has 1 aliphatic rings. The molecule has 1 fully saturated rings. The fourth-order valence-corrected chi connectivity index (χ4v) is 2.97. The Morgan fingerprint density at radius 3 is 2.71 bits per heavy atom. The van der Waals surface area contributed by atoms with Crippen LogP contribution in [0.2, 0.25) is 0 Å². The van der Waals surface area contributed by atoms with Crippen molar-refractivity contribution in [3.8, 4) is 11.6 Å². The number of nitrogens with one attached hydrogen (secondary N) is 1. The monoisotopic (exact) mass is 409 g/mol. The predicted molar refractivity (Wildman–Crippen MR) is 106 cm³/mol. The number of benzene rings is 1. The van der Waals surface area contributed by atoms with Crippen molar-refractivity contribution in [3.63, 3.8) is 0 Å². The number of ether oxygens (including phenoxy) is 2. The molecule has 3 rings (SSSR count). The number of carbonyl (C=O) groups is 1. The van der Waals surface area contributed by atoms with Crippen LogP contribution in [0.1, 0.15) is 42.2 Å². The second-order valence-electron chi connectivity index (χ2n) is 6.68. The Hall–Kier alpha value is -2.09. The Labute approximate surface area is 170 Å². The third-order valence-corrected chi connectivity index (χ3v) is 4.60. The van der Waals surface area contributed by atoms with Crippen LogP contribution in [0.4, 0.5) is 4.39 Å². The van der Waals surface area contributed by atoms with E-state index in [0.29, 0.717) is 12.5 Å². The molecule has 0 saturated carbocycles. The molecule has 1 saturated heterocycles. The van der Waals surface area contributed by atoms with Gasteiger partial charge in [0.1, 0.15) is 5.69 Å². The highest BCUT2D eigenvalue weighted by atomic mass is 35.5. The molecule has 6 nitrogen and oxygen atoms in total. The molecule has 2 aromatic rings. The molecular weight excluding hydrogens is 385 g/mol. The minimum Gasteiger partial charge on any atom is -0.434 e. The van der Waals surface area contributed by atoms with Crippen molar-refractivity contribution in [2.75, 3.05) is 19.8 Å². The quantitative estimate of drug-likeness (QED) is 0.526. The van der Waals surface area contributed by atoms with Crippen molar-refractivity contribution in [3.05, 3.63) is 47.7 Å². The van der Waals surface area contributed by atoms with E-state index in [4.69, 9.17) is 9.47 Å². The lowest BCUT2D eigenvalue weighted by molar-refractivity contribution is 0.0639. The first-order valence-corrected chi connectivity index (χ1v) is 9.19. The van der Waals surface area contributed by atoms with E-state index in [-0.39, 0.29) is 35.5 Å². The molecule has 28 heavy (non-hydrogen) atoms. The van der Waals surface area contributed by atoms with Crippen LogP contribution in [0.5, 0.6) is 11.6 Å². The van der Waals surface area contributed by atoms with Crippen molar-refractivity contribution in [1.82, 2.24) is 15.3 Å². The van der Waals surface area contributed by atoms with Gasteiger partial charge in [-0.05, 0) is 49.4 Å².